The Kier molecular flexibility index (Phi) is 7.04. The molecule has 0 aliphatic carbocycles. The van der Waals surface area contributed by atoms with Crippen molar-refractivity contribution in [2.45, 2.75) is 65.5 Å². The van der Waals surface area contributed by atoms with Crippen LogP contribution in [-0.2, 0) is 26.2 Å². The van der Waals surface area contributed by atoms with E-state index in [0.717, 1.165) is 28.2 Å². The van der Waals surface area contributed by atoms with E-state index in [1.165, 1.54) is 4.90 Å². The summed E-state index contributed by atoms with van der Waals surface area (Å²) in [6, 6.07) is 12.0. The molecule has 5 rings (SSSR count). The largest absolute Gasteiger partial charge is 0.507 e. The highest BCUT2D eigenvalue weighted by atomic mass is 32.1. The lowest BCUT2D eigenvalue weighted by molar-refractivity contribution is -0.132. The van der Waals surface area contributed by atoms with Gasteiger partial charge in [-0.1, -0.05) is 56.4 Å². The molecule has 9 heteroatoms. The number of aliphatic hydroxyl groups excluding tert-OH is 1. The number of thiazole rings is 1. The second-order valence-corrected chi connectivity index (χ2v) is 12.1. The minimum absolute atomic E-state index is 0.0149. The predicted molar refractivity (Wildman–Crippen MR) is 153 cm³/mol. The number of ether oxygens (including phenoxy) is 2. The van der Waals surface area contributed by atoms with E-state index in [1.54, 1.807) is 32.0 Å². The third-order valence-corrected chi connectivity index (χ3v) is 8.30. The van der Waals surface area contributed by atoms with Gasteiger partial charge < -0.3 is 14.6 Å². The molecule has 1 saturated heterocycles. The van der Waals surface area contributed by atoms with Gasteiger partial charge in [0, 0.05) is 12.0 Å². The number of Topliss-reactive ketones (excluding diaryl/α,β-unsaturated/α-hetero) is 1. The van der Waals surface area contributed by atoms with E-state index in [-0.39, 0.29) is 39.5 Å². The molecule has 0 spiro atoms. The number of hydrogen-bond acceptors (Lipinski definition) is 8. The number of nitrogens with zero attached hydrogens (tertiary/aromatic N) is 2. The number of carbonyl (C=O) groups is 3. The van der Waals surface area contributed by atoms with Crippen LogP contribution < -0.4 is 9.64 Å². The molecular formula is C31H32N2O6S. The molecule has 1 aromatic heterocycles. The highest BCUT2D eigenvalue weighted by Crippen LogP contribution is 2.45. The lowest BCUT2D eigenvalue weighted by Crippen LogP contribution is -2.29. The summed E-state index contributed by atoms with van der Waals surface area (Å²) >= 11 is 0.989. The number of esters is 1. The molecule has 2 aliphatic heterocycles. The van der Waals surface area contributed by atoms with E-state index < -0.39 is 23.7 Å². The van der Waals surface area contributed by atoms with Crippen LogP contribution in [0.15, 0.2) is 48.0 Å². The molecule has 0 bridgehead atoms. The molecule has 1 amide bonds. The minimum atomic E-state index is -0.946. The number of aliphatic hydroxyl groups is 1. The fourth-order valence-electron chi connectivity index (χ4n) is 5.11. The van der Waals surface area contributed by atoms with Crippen molar-refractivity contribution in [3.05, 3.63) is 80.9 Å². The van der Waals surface area contributed by atoms with Crippen molar-refractivity contribution in [2.24, 2.45) is 0 Å². The van der Waals surface area contributed by atoms with Crippen molar-refractivity contribution < 1.29 is 29.0 Å². The zero-order valence-electron chi connectivity index (χ0n) is 23.4. The van der Waals surface area contributed by atoms with Crippen molar-refractivity contribution >= 4 is 39.9 Å². The molecular weight excluding hydrogens is 528 g/mol. The minimum Gasteiger partial charge on any atom is -0.507 e. The first-order chi connectivity index (χ1) is 18.9. The Balaban J connectivity index is 1.67. The number of fused-ring (bicyclic) bond motifs is 1. The second-order valence-electron chi connectivity index (χ2n) is 11.1. The van der Waals surface area contributed by atoms with E-state index in [4.69, 9.17) is 9.47 Å². The third kappa shape index (κ3) is 4.79. The van der Waals surface area contributed by atoms with Crippen LogP contribution in [0.1, 0.15) is 78.3 Å². The average molecular weight is 561 g/mol. The molecule has 2 atom stereocenters. The summed E-state index contributed by atoms with van der Waals surface area (Å²) in [5.41, 5.74) is 3.32. The lowest BCUT2D eigenvalue weighted by Gasteiger charge is -2.25. The first-order valence-corrected chi connectivity index (χ1v) is 14.1. The number of amides is 1. The van der Waals surface area contributed by atoms with Crippen molar-refractivity contribution in [3.63, 3.8) is 0 Å². The molecule has 0 saturated carbocycles. The monoisotopic (exact) mass is 560 g/mol. The van der Waals surface area contributed by atoms with Crippen LogP contribution in [-0.4, -0.2) is 40.5 Å². The van der Waals surface area contributed by atoms with Gasteiger partial charge >= 0.3 is 11.9 Å². The molecule has 2 aliphatic rings. The number of carbonyl (C=O) groups excluding carboxylic acids is 3. The van der Waals surface area contributed by atoms with Gasteiger partial charge in [0.15, 0.2) is 5.13 Å². The Morgan fingerprint density at radius 3 is 2.52 bits per heavy atom. The first kappa shape index (κ1) is 27.6. The molecule has 208 valence electrons. The van der Waals surface area contributed by atoms with Crippen LogP contribution in [0.4, 0.5) is 5.13 Å². The van der Waals surface area contributed by atoms with Crippen molar-refractivity contribution in [1.82, 2.24) is 4.98 Å². The van der Waals surface area contributed by atoms with Crippen LogP contribution in [0.25, 0.3) is 5.76 Å². The molecule has 3 aromatic rings. The normalized spacial score (nSPS) is 20.0. The van der Waals surface area contributed by atoms with Crippen LogP contribution in [0.3, 0.4) is 0 Å². The average Bonchev–Trinajstić information content (AvgIpc) is 3.55. The summed E-state index contributed by atoms with van der Waals surface area (Å²) in [5.74, 6) is -1.72. The number of benzene rings is 2. The Bertz CT molecular complexity index is 1550. The van der Waals surface area contributed by atoms with Gasteiger partial charge in [0.05, 0.1) is 23.9 Å². The van der Waals surface area contributed by atoms with E-state index in [1.807, 2.05) is 31.2 Å². The maximum atomic E-state index is 13.6. The zero-order valence-corrected chi connectivity index (χ0v) is 24.2. The number of ketones is 1. The smallest absolute Gasteiger partial charge is 0.350 e. The van der Waals surface area contributed by atoms with Gasteiger partial charge in [0.2, 0.25) is 0 Å². The quantitative estimate of drug-likeness (QED) is 0.180. The lowest BCUT2D eigenvalue weighted by atomic mass is 9.85. The van der Waals surface area contributed by atoms with E-state index in [0.29, 0.717) is 23.2 Å². The SMILES string of the molecule is CCOC(=O)c1sc(N2C(=O)C(=O)/C(=C(/O)c3ccc4c(c3)CC(C)O4)C2c2ccc(C(C)(C)C)cc2)nc1C. The summed E-state index contributed by atoms with van der Waals surface area (Å²) in [6.45, 7) is 11.8. The van der Waals surface area contributed by atoms with Gasteiger partial charge in [0.25, 0.3) is 5.78 Å². The number of aryl methyl sites for hydroxylation is 1. The fraction of sp³-hybridized carbons (Fsp3) is 0.355. The topological polar surface area (TPSA) is 106 Å². The second kappa shape index (κ2) is 10.2. The molecule has 2 unspecified atom stereocenters. The van der Waals surface area contributed by atoms with Crippen LogP contribution in [0.5, 0.6) is 5.75 Å². The summed E-state index contributed by atoms with van der Waals surface area (Å²) < 4.78 is 10.9. The highest BCUT2D eigenvalue weighted by molar-refractivity contribution is 7.17. The Morgan fingerprint density at radius 1 is 1.18 bits per heavy atom. The molecule has 2 aromatic carbocycles. The summed E-state index contributed by atoms with van der Waals surface area (Å²) in [6.07, 6.45) is 0.693. The van der Waals surface area contributed by atoms with Crippen LogP contribution in [0, 0.1) is 6.92 Å². The van der Waals surface area contributed by atoms with E-state index in [9.17, 15) is 19.5 Å². The Hall–Kier alpha value is -3.98. The zero-order chi connectivity index (χ0) is 28.9. The third-order valence-electron chi connectivity index (χ3n) is 7.16. The van der Waals surface area contributed by atoms with Gasteiger partial charge in [-0.05, 0) is 61.1 Å². The Morgan fingerprint density at radius 2 is 1.88 bits per heavy atom. The fourth-order valence-corrected chi connectivity index (χ4v) is 6.09. The number of rotatable bonds is 5. The molecule has 1 N–H and O–H groups in total. The summed E-state index contributed by atoms with van der Waals surface area (Å²) in [7, 11) is 0. The van der Waals surface area contributed by atoms with Crippen LogP contribution in [0.2, 0.25) is 0 Å². The predicted octanol–water partition coefficient (Wildman–Crippen LogP) is 5.88. The van der Waals surface area contributed by atoms with Gasteiger partial charge in [-0.25, -0.2) is 9.78 Å². The van der Waals surface area contributed by atoms with Gasteiger partial charge in [-0.3, -0.25) is 14.5 Å². The molecule has 1 fully saturated rings. The van der Waals surface area contributed by atoms with E-state index in [2.05, 4.69) is 25.8 Å². The first-order valence-electron chi connectivity index (χ1n) is 13.3. The summed E-state index contributed by atoms with van der Waals surface area (Å²) in [4.78, 5) is 45.7. The molecule has 3 heterocycles. The van der Waals surface area contributed by atoms with Crippen molar-refractivity contribution in [2.75, 3.05) is 11.5 Å². The highest BCUT2D eigenvalue weighted by Gasteiger charge is 2.48. The van der Waals surface area contributed by atoms with Gasteiger partial charge in [0.1, 0.15) is 22.5 Å². The number of anilines is 1. The van der Waals surface area contributed by atoms with E-state index >= 15 is 0 Å². The maximum Gasteiger partial charge on any atom is 0.350 e. The molecule has 40 heavy (non-hydrogen) atoms. The summed E-state index contributed by atoms with van der Waals surface area (Å²) in [5, 5.41) is 11.7. The van der Waals surface area contributed by atoms with Crippen molar-refractivity contribution in [3.8, 4) is 5.75 Å². The Labute approximate surface area is 237 Å². The van der Waals surface area contributed by atoms with Gasteiger partial charge in [-0.15, -0.1) is 0 Å². The van der Waals surface area contributed by atoms with Gasteiger partial charge in [-0.2, -0.15) is 0 Å². The molecule has 8 nitrogen and oxygen atoms in total. The maximum absolute atomic E-state index is 13.6. The molecule has 0 radical (unpaired) electrons. The standard InChI is InChI=1S/C31H32N2O6S/c1-7-38-29(37)27-17(3)32-30(40-27)33-24(18-8-11-21(12-9-18)31(4,5)6)23(26(35)28(33)36)25(34)19-10-13-22-20(15-19)14-16(2)39-22/h8-13,15-16,24,34H,7,14H2,1-6H3/b25-23+. The van der Waals surface area contributed by atoms with Crippen molar-refractivity contribution in [1.29, 1.82) is 0 Å². The number of hydrogen-bond donors (Lipinski definition) is 1. The number of aromatic nitrogens is 1. The van der Waals surface area contributed by atoms with Crippen LogP contribution >= 0.6 is 11.3 Å².